The standard InChI is InChI=1S/C15H24N4OS/c1-11(16)9-13-14(17-15-19(13)7-8-21-15)18-5-3-12(4-6-18)10-20-2/h7-8,11-12H,3-6,9-10,16H2,1-2H3. The normalized spacial score (nSPS) is 18.5. The number of hydrogen-bond acceptors (Lipinski definition) is 5. The molecule has 0 spiro atoms. The van der Waals surface area contributed by atoms with E-state index in [2.05, 4.69) is 27.8 Å². The van der Waals surface area contributed by atoms with Crippen molar-refractivity contribution in [1.29, 1.82) is 0 Å². The molecule has 21 heavy (non-hydrogen) atoms. The Kier molecular flexibility index (Phi) is 4.47. The molecule has 2 aromatic rings. The third-order valence-electron chi connectivity index (χ3n) is 4.17. The molecule has 0 saturated carbocycles. The molecule has 1 atom stereocenters. The molecule has 1 aliphatic heterocycles. The number of hydrogen-bond donors (Lipinski definition) is 1. The number of nitrogens with two attached hydrogens (primary N) is 1. The van der Waals surface area contributed by atoms with Gasteiger partial charge in [-0.05, 0) is 25.7 Å². The molecule has 2 aromatic heterocycles. The molecule has 5 nitrogen and oxygen atoms in total. The first-order chi connectivity index (χ1) is 10.2. The Morgan fingerprint density at radius 2 is 2.24 bits per heavy atom. The summed E-state index contributed by atoms with van der Waals surface area (Å²) in [7, 11) is 1.79. The van der Waals surface area contributed by atoms with Crippen molar-refractivity contribution < 1.29 is 4.74 Å². The van der Waals surface area contributed by atoms with Gasteiger partial charge in [-0.3, -0.25) is 4.40 Å². The second-order valence-corrected chi connectivity index (χ2v) is 6.88. The van der Waals surface area contributed by atoms with Crippen LogP contribution in [0.1, 0.15) is 25.5 Å². The van der Waals surface area contributed by atoms with Gasteiger partial charge in [0.2, 0.25) is 0 Å². The van der Waals surface area contributed by atoms with Crippen molar-refractivity contribution >= 4 is 22.1 Å². The maximum absolute atomic E-state index is 6.03. The predicted molar refractivity (Wildman–Crippen MR) is 87.2 cm³/mol. The molecule has 0 aliphatic carbocycles. The summed E-state index contributed by atoms with van der Waals surface area (Å²) in [6, 6.07) is 0.148. The Labute approximate surface area is 129 Å². The SMILES string of the molecule is COCC1CCN(c2nc3sccn3c2CC(C)N)CC1. The summed E-state index contributed by atoms with van der Waals surface area (Å²) in [5, 5.41) is 2.08. The van der Waals surface area contributed by atoms with Gasteiger partial charge in [0.25, 0.3) is 0 Å². The highest BCUT2D eigenvalue weighted by atomic mass is 32.1. The lowest BCUT2D eigenvalue weighted by Crippen LogP contribution is -2.36. The highest BCUT2D eigenvalue weighted by molar-refractivity contribution is 7.15. The van der Waals surface area contributed by atoms with E-state index in [0.29, 0.717) is 5.92 Å². The average Bonchev–Trinajstić information content (AvgIpc) is 3.03. The molecule has 2 N–H and O–H groups in total. The van der Waals surface area contributed by atoms with Crippen molar-refractivity contribution in [3.05, 3.63) is 17.3 Å². The van der Waals surface area contributed by atoms with E-state index >= 15 is 0 Å². The van der Waals surface area contributed by atoms with Gasteiger partial charge in [0, 0.05) is 50.8 Å². The van der Waals surface area contributed by atoms with Crippen molar-refractivity contribution in [1.82, 2.24) is 9.38 Å². The fourth-order valence-corrected chi connectivity index (χ4v) is 3.84. The number of rotatable bonds is 5. The van der Waals surface area contributed by atoms with Crippen LogP contribution < -0.4 is 10.6 Å². The third-order valence-corrected chi connectivity index (χ3v) is 4.93. The number of ether oxygens (including phenoxy) is 1. The minimum absolute atomic E-state index is 0.148. The van der Waals surface area contributed by atoms with Crippen molar-refractivity contribution in [2.45, 2.75) is 32.2 Å². The lowest BCUT2D eigenvalue weighted by molar-refractivity contribution is 0.139. The summed E-state index contributed by atoms with van der Waals surface area (Å²) in [5.41, 5.74) is 7.29. The molecule has 1 fully saturated rings. The Hall–Kier alpha value is -1.11. The van der Waals surface area contributed by atoms with Crippen molar-refractivity contribution in [3.63, 3.8) is 0 Å². The highest BCUT2D eigenvalue weighted by Crippen LogP contribution is 2.29. The lowest BCUT2D eigenvalue weighted by atomic mass is 9.97. The number of aromatic nitrogens is 2. The van der Waals surface area contributed by atoms with Crippen molar-refractivity contribution in [2.75, 3.05) is 31.7 Å². The smallest absolute Gasteiger partial charge is 0.195 e. The lowest BCUT2D eigenvalue weighted by Gasteiger charge is -2.32. The van der Waals surface area contributed by atoms with Crippen LogP contribution in [0.4, 0.5) is 5.82 Å². The minimum Gasteiger partial charge on any atom is -0.384 e. The highest BCUT2D eigenvalue weighted by Gasteiger charge is 2.24. The fourth-order valence-electron chi connectivity index (χ4n) is 3.12. The van der Waals surface area contributed by atoms with Crippen LogP contribution >= 0.6 is 11.3 Å². The van der Waals surface area contributed by atoms with E-state index < -0.39 is 0 Å². The van der Waals surface area contributed by atoms with Gasteiger partial charge >= 0.3 is 0 Å². The summed E-state index contributed by atoms with van der Waals surface area (Å²) in [4.78, 5) is 8.33. The second-order valence-electron chi connectivity index (χ2n) is 6.00. The number of thiazole rings is 1. The predicted octanol–water partition coefficient (Wildman–Crippen LogP) is 2.15. The minimum atomic E-state index is 0.148. The first-order valence-electron chi connectivity index (χ1n) is 7.63. The summed E-state index contributed by atoms with van der Waals surface area (Å²) < 4.78 is 7.48. The van der Waals surface area contributed by atoms with Gasteiger partial charge in [-0.2, -0.15) is 0 Å². The molecular weight excluding hydrogens is 284 g/mol. The second kappa shape index (κ2) is 6.34. The molecule has 0 radical (unpaired) electrons. The molecule has 116 valence electrons. The molecular formula is C15H24N4OS. The maximum atomic E-state index is 6.03. The van der Waals surface area contributed by atoms with Gasteiger partial charge in [0.1, 0.15) is 0 Å². The fraction of sp³-hybridized carbons (Fsp3) is 0.667. The zero-order valence-electron chi connectivity index (χ0n) is 12.8. The molecule has 1 aliphatic rings. The van der Waals surface area contributed by atoms with Gasteiger partial charge in [-0.25, -0.2) is 4.98 Å². The number of nitrogens with zero attached hydrogens (tertiary/aromatic N) is 3. The monoisotopic (exact) mass is 308 g/mol. The summed E-state index contributed by atoms with van der Waals surface area (Å²) in [6.07, 6.45) is 5.32. The third kappa shape index (κ3) is 3.07. The van der Waals surface area contributed by atoms with E-state index in [-0.39, 0.29) is 6.04 Å². The van der Waals surface area contributed by atoms with E-state index in [1.807, 2.05) is 0 Å². The summed E-state index contributed by atoms with van der Waals surface area (Å²) in [6.45, 7) is 5.05. The van der Waals surface area contributed by atoms with E-state index in [4.69, 9.17) is 15.5 Å². The number of fused-ring (bicyclic) bond motifs is 1. The van der Waals surface area contributed by atoms with Gasteiger partial charge in [0.15, 0.2) is 10.8 Å². The molecule has 1 saturated heterocycles. The average molecular weight is 308 g/mol. The summed E-state index contributed by atoms with van der Waals surface area (Å²) in [5.74, 6) is 1.82. The summed E-state index contributed by atoms with van der Waals surface area (Å²) >= 11 is 1.69. The van der Waals surface area contributed by atoms with Crippen molar-refractivity contribution in [2.24, 2.45) is 11.7 Å². The number of piperidine rings is 1. The van der Waals surface area contributed by atoms with E-state index in [0.717, 1.165) is 36.9 Å². The van der Waals surface area contributed by atoms with E-state index in [1.54, 1.807) is 18.4 Å². The van der Waals surface area contributed by atoms with Crippen LogP contribution in [-0.2, 0) is 11.2 Å². The number of anilines is 1. The largest absolute Gasteiger partial charge is 0.384 e. The van der Waals surface area contributed by atoms with Crippen LogP contribution in [0.25, 0.3) is 4.96 Å². The van der Waals surface area contributed by atoms with E-state index in [1.165, 1.54) is 18.5 Å². The van der Waals surface area contributed by atoms with Crippen LogP contribution in [0.15, 0.2) is 11.6 Å². The molecule has 0 bridgehead atoms. The maximum Gasteiger partial charge on any atom is 0.195 e. The Morgan fingerprint density at radius 1 is 1.48 bits per heavy atom. The molecule has 1 unspecified atom stereocenters. The Balaban J connectivity index is 1.81. The molecule has 3 rings (SSSR count). The Morgan fingerprint density at radius 3 is 2.90 bits per heavy atom. The first-order valence-corrected chi connectivity index (χ1v) is 8.51. The van der Waals surface area contributed by atoms with Gasteiger partial charge in [-0.1, -0.05) is 0 Å². The molecule has 3 heterocycles. The number of imidazole rings is 1. The molecule has 0 amide bonds. The van der Waals surface area contributed by atoms with Crippen LogP contribution in [0.2, 0.25) is 0 Å². The zero-order valence-corrected chi connectivity index (χ0v) is 13.6. The van der Waals surface area contributed by atoms with Crippen molar-refractivity contribution in [3.8, 4) is 0 Å². The zero-order chi connectivity index (χ0) is 14.8. The van der Waals surface area contributed by atoms with Gasteiger partial charge in [-0.15, -0.1) is 11.3 Å². The van der Waals surface area contributed by atoms with Gasteiger partial charge in [0.05, 0.1) is 5.69 Å². The van der Waals surface area contributed by atoms with Crippen LogP contribution in [0, 0.1) is 5.92 Å². The van der Waals surface area contributed by atoms with Crippen LogP contribution in [0.5, 0.6) is 0 Å². The van der Waals surface area contributed by atoms with Crippen LogP contribution in [0.3, 0.4) is 0 Å². The molecule has 0 aromatic carbocycles. The van der Waals surface area contributed by atoms with Gasteiger partial charge < -0.3 is 15.4 Å². The number of methoxy groups -OCH3 is 1. The molecule has 6 heteroatoms. The topological polar surface area (TPSA) is 55.8 Å². The van der Waals surface area contributed by atoms with E-state index in [9.17, 15) is 0 Å². The quantitative estimate of drug-likeness (QED) is 0.919. The van der Waals surface area contributed by atoms with Crippen LogP contribution in [-0.4, -0.2) is 42.2 Å². The Bertz CT molecular complexity index is 584. The first kappa shape index (κ1) is 14.8.